The van der Waals surface area contributed by atoms with Crippen LogP contribution in [-0.2, 0) is 11.2 Å². The van der Waals surface area contributed by atoms with Gasteiger partial charge in [-0.2, -0.15) is 0 Å². The number of amides is 1. The maximum atomic E-state index is 12.3. The number of rotatable bonds is 4. The second-order valence-electron chi connectivity index (χ2n) is 4.60. The third-order valence-electron chi connectivity index (χ3n) is 3.33. The van der Waals surface area contributed by atoms with Gasteiger partial charge < -0.3 is 15.1 Å². The first kappa shape index (κ1) is 12.2. The number of hydrogen-bond acceptors (Lipinski definition) is 3. The topological polar surface area (TPSA) is 59.5 Å². The van der Waals surface area contributed by atoms with E-state index in [0.29, 0.717) is 13.0 Å². The van der Waals surface area contributed by atoms with Gasteiger partial charge in [0.25, 0.3) is 0 Å². The van der Waals surface area contributed by atoms with Crippen LogP contribution in [0.25, 0.3) is 0 Å². The largest absolute Gasteiger partial charge is 0.469 e. The van der Waals surface area contributed by atoms with E-state index in [0.717, 1.165) is 31.7 Å². The molecule has 2 rings (SSSR count). The maximum absolute atomic E-state index is 12.3. The van der Waals surface area contributed by atoms with Crippen molar-refractivity contribution in [2.75, 3.05) is 19.6 Å². The van der Waals surface area contributed by atoms with Crippen LogP contribution >= 0.6 is 0 Å². The summed E-state index contributed by atoms with van der Waals surface area (Å²) in [6, 6.07) is 3.74. The van der Waals surface area contributed by atoms with Gasteiger partial charge in [-0.25, -0.2) is 0 Å². The van der Waals surface area contributed by atoms with Crippen LogP contribution in [0.4, 0.5) is 0 Å². The Morgan fingerprint density at radius 2 is 2.18 bits per heavy atom. The quantitative estimate of drug-likeness (QED) is 0.859. The number of likely N-dealkylation sites (tertiary alicyclic amines) is 1. The van der Waals surface area contributed by atoms with Gasteiger partial charge in [0.2, 0.25) is 5.91 Å². The fraction of sp³-hybridized carbons (Fsp3) is 0.615. The molecule has 1 amide bonds. The van der Waals surface area contributed by atoms with Gasteiger partial charge >= 0.3 is 0 Å². The van der Waals surface area contributed by atoms with E-state index in [1.807, 2.05) is 17.0 Å². The number of carbonyl (C=O) groups is 1. The van der Waals surface area contributed by atoms with E-state index in [2.05, 4.69) is 0 Å². The van der Waals surface area contributed by atoms with Crippen LogP contribution in [0, 0.1) is 5.92 Å². The lowest BCUT2D eigenvalue weighted by molar-refractivity contribution is -0.136. The first-order valence-corrected chi connectivity index (χ1v) is 6.32. The van der Waals surface area contributed by atoms with Crippen molar-refractivity contribution < 1.29 is 9.21 Å². The molecule has 4 nitrogen and oxygen atoms in total. The monoisotopic (exact) mass is 236 g/mol. The van der Waals surface area contributed by atoms with E-state index in [-0.39, 0.29) is 11.8 Å². The number of hydrogen-bond donors (Lipinski definition) is 1. The highest BCUT2D eigenvalue weighted by Gasteiger charge is 2.25. The standard InChI is InChI=1S/C13H20N2O2/c14-10-11(9-12-5-4-8-17-12)13(16)15-6-2-1-3-7-15/h4-5,8,11H,1-3,6-7,9-10,14H2. The molecule has 1 aromatic heterocycles. The molecule has 0 spiro atoms. The first-order valence-electron chi connectivity index (χ1n) is 6.32. The summed E-state index contributed by atoms with van der Waals surface area (Å²) in [5.74, 6) is 0.883. The van der Waals surface area contributed by atoms with Gasteiger partial charge in [-0.1, -0.05) is 0 Å². The molecule has 2 heterocycles. The predicted molar refractivity (Wildman–Crippen MR) is 65.4 cm³/mol. The Labute approximate surface area is 102 Å². The molecule has 17 heavy (non-hydrogen) atoms. The molecule has 1 aliphatic heterocycles. The van der Waals surface area contributed by atoms with Gasteiger partial charge in [0, 0.05) is 26.1 Å². The summed E-state index contributed by atoms with van der Waals surface area (Å²) in [6.07, 6.45) is 5.70. The summed E-state index contributed by atoms with van der Waals surface area (Å²) < 4.78 is 5.28. The molecule has 1 aliphatic rings. The molecule has 0 radical (unpaired) electrons. The Hall–Kier alpha value is -1.29. The van der Waals surface area contributed by atoms with Crippen molar-refractivity contribution in [3.63, 3.8) is 0 Å². The van der Waals surface area contributed by atoms with Crippen LogP contribution in [0.2, 0.25) is 0 Å². The van der Waals surface area contributed by atoms with E-state index in [4.69, 9.17) is 10.2 Å². The highest BCUT2D eigenvalue weighted by molar-refractivity contribution is 5.79. The predicted octanol–water partition coefficient (Wildman–Crippen LogP) is 1.41. The fourth-order valence-corrected chi connectivity index (χ4v) is 2.32. The van der Waals surface area contributed by atoms with Gasteiger partial charge in [-0.15, -0.1) is 0 Å². The minimum Gasteiger partial charge on any atom is -0.469 e. The minimum absolute atomic E-state index is 0.140. The average molecular weight is 236 g/mol. The average Bonchev–Trinajstić information content (AvgIpc) is 2.89. The molecule has 1 unspecified atom stereocenters. The number of nitrogens with zero attached hydrogens (tertiary/aromatic N) is 1. The second kappa shape index (κ2) is 5.87. The van der Waals surface area contributed by atoms with Gasteiger partial charge in [-0.3, -0.25) is 4.79 Å². The molecule has 0 aliphatic carbocycles. The zero-order chi connectivity index (χ0) is 12.1. The Morgan fingerprint density at radius 3 is 2.76 bits per heavy atom. The normalized spacial score (nSPS) is 18.1. The highest BCUT2D eigenvalue weighted by Crippen LogP contribution is 2.15. The Balaban J connectivity index is 1.94. The number of piperidine rings is 1. The van der Waals surface area contributed by atoms with E-state index in [9.17, 15) is 4.79 Å². The molecule has 1 saturated heterocycles. The molecular formula is C13H20N2O2. The minimum atomic E-state index is -0.140. The summed E-state index contributed by atoms with van der Waals surface area (Å²) in [5.41, 5.74) is 5.71. The van der Waals surface area contributed by atoms with E-state index >= 15 is 0 Å². The third kappa shape index (κ3) is 3.09. The lowest BCUT2D eigenvalue weighted by Gasteiger charge is -2.29. The lowest BCUT2D eigenvalue weighted by atomic mass is 10.0. The fourth-order valence-electron chi connectivity index (χ4n) is 2.32. The molecule has 0 bridgehead atoms. The molecule has 2 N–H and O–H groups in total. The van der Waals surface area contributed by atoms with Crippen molar-refractivity contribution in [3.8, 4) is 0 Å². The first-order chi connectivity index (χ1) is 8.31. The van der Waals surface area contributed by atoms with Gasteiger partial charge in [0.15, 0.2) is 0 Å². The van der Waals surface area contributed by atoms with Crippen LogP contribution < -0.4 is 5.73 Å². The SMILES string of the molecule is NCC(Cc1ccco1)C(=O)N1CCCCC1. The Kier molecular flexibility index (Phi) is 4.20. The van der Waals surface area contributed by atoms with Crippen molar-refractivity contribution in [2.24, 2.45) is 11.7 Å². The van der Waals surface area contributed by atoms with E-state index in [1.54, 1.807) is 6.26 Å². The van der Waals surface area contributed by atoms with Crippen LogP contribution in [0.1, 0.15) is 25.0 Å². The molecule has 94 valence electrons. The summed E-state index contributed by atoms with van der Waals surface area (Å²) in [5, 5.41) is 0. The van der Waals surface area contributed by atoms with Crippen molar-refractivity contribution in [1.29, 1.82) is 0 Å². The molecular weight excluding hydrogens is 216 g/mol. The number of carbonyl (C=O) groups excluding carboxylic acids is 1. The molecule has 4 heteroatoms. The molecule has 0 aromatic carbocycles. The maximum Gasteiger partial charge on any atom is 0.227 e. The van der Waals surface area contributed by atoms with Gasteiger partial charge in [0.05, 0.1) is 12.2 Å². The molecule has 1 atom stereocenters. The Bertz CT molecular complexity index is 342. The molecule has 1 fully saturated rings. The number of furan rings is 1. The van der Waals surface area contributed by atoms with E-state index in [1.165, 1.54) is 6.42 Å². The zero-order valence-electron chi connectivity index (χ0n) is 10.1. The third-order valence-corrected chi connectivity index (χ3v) is 3.33. The van der Waals surface area contributed by atoms with Crippen LogP contribution in [0.5, 0.6) is 0 Å². The van der Waals surface area contributed by atoms with Gasteiger partial charge in [-0.05, 0) is 31.4 Å². The van der Waals surface area contributed by atoms with Gasteiger partial charge in [0.1, 0.15) is 5.76 Å². The van der Waals surface area contributed by atoms with Crippen LogP contribution in [-0.4, -0.2) is 30.4 Å². The molecule has 0 saturated carbocycles. The summed E-state index contributed by atoms with van der Waals surface area (Å²) >= 11 is 0. The van der Waals surface area contributed by atoms with Crippen LogP contribution in [0.15, 0.2) is 22.8 Å². The van der Waals surface area contributed by atoms with Crippen molar-refractivity contribution in [3.05, 3.63) is 24.2 Å². The van der Waals surface area contributed by atoms with Crippen molar-refractivity contribution in [1.82, 2.24) is 4.90 Å². The summed E-state index contributed by atoms with van der Waals surface area (Å²) in [4.78, 5) is 14.2. The van der Waals surface area contributed by atoms with Crippen molar-refractivity contribution >= 4 is 5.91 Å². The molecule has 1 aromatic rings. The summed E-state index contributed by atoms with van der Waals surface area (Å²) in [7, 11) is 0. The lowest BCUT2D eigenvalue weighted by Crippen LogP contribution is -2.42. The number of nitrogens with two attached hydrogens (primary N) is 1. The Morgan fingerprint density at radius 1 is 1.41 bits per heavy atom. The van der Waals surface area contributed by atoms with Crippen LogP contribution in [0.3, 0.4) is 0 Å². The zero-order valence-corrected chi connectivity index (χ0v) is 10.1. The summed E-state index contributed by atoms with van der Waals surface area (Å²) in [6.45, 7) is 2.15. The van der Waals surface area contributed by atoms with Crippen molar-refractivity contribution in [2.45, 2.75) is 25.7 Å². The van der Waals surface area contributed by atoms with E-state index < -0.39 is 0 Å². The highest BCUT2D eigenvalue weighted by atomic mass is 16.3. The second-order valence-corrected chi connectivity index (χ2v) is 4.60. The smallest absolute Gasteiger partial charge is 0.227 e.